The van der Waals surface area contributed by atoms with Gasteiger partial charge in [0.1, 0.15) is 6.33 Å². The number of unbranched alkanes of at least 4 members (excludes halogenated alkanes) is 1. The highest BCUT2D eigenvalue weighted by Gasteiger charge is 2.13. The molecule has 0 spiro atoms. The summed E-state index contributed by atoms with van der Waals surface area (Å²) < 4.78 is 16.9. The first-order chi connectivity index (χ1) is 13.2. The molecule has 6 heteroatoms. The molecule has 0 aliphatic heterocycles. The topological polar surface area (TPSA) is 65.5 Å². The predicted molar refractivity (Wildman–Crippen MR) is 108 cm³/mol. The summed E-state index contributed by atoms with van der Waals surface area (Å²) in [5.74, 6) is 3.08. The lowest BCUT2D eigenvalue weighted by atomic mass is 9.99. The average molecular weight is 373 g/mol. The molecule has 0 saturated heterocycles. The number of rotatable bonds is 12. The van der Waals surface area contributed by atoms with Crippen LogP contribution in [0.15, 0.2) is 24.7 Å². The van der Waals surface area contributed by atoms with Crippen molar-refractivity contribution < 1.29 is 14.2 Å². The quantitative estimate of drug-likeness (QED) is 0.560. The zero-order valence-electron chi connectivity index (χ0n) is 16.9. The van der Waals surface area contributed by atoms with E-state index in [0.29, 0.717) is 12.4 Å². The fraction of sp³-hybridized carbons (Fsp3) is 0.524. The van der Waals surface area contributed by atoms with Gasteiger partial charge in [-0.15, -0.1) is 0 Å². The molecule has 0 bridgehead atoms. The molecule has 0 fully saturated rings. The van der Waals surface area contributed by atoms with Crippen LogP contribution in [0.3, 0.4) is 0 Å². The van der Waals surface area contributed by atoms with Crippen LogP contribution in [-0.4, -0.2) is 37.3 Å². The molecule has 2 rings (SSSR count). The van der Waals surface area contributed by atoms with Crippen LogP contribution in [-0.2, 0) is 12.8 Å². The predicted octanol–water partition coefficient (Wildman–Crippen LogP) is 4.28. The van der Waals surface area contributed by atoms with Gasteiger partial charge in [-0.25, -0.2) is 9.97 Å². The summed E-state index contributed by atoms with van der Waals surface area (Å²) >= 11 is 0. The van der Waals surface area contributed by atoms with Gasteiger partial charge >= 0.3 is 0 Å². The van der Waals surface area contributed by atoms with Crippen molar-refractivity contribution >= 4 is 5.82 Å². The summed E-state index contributed by atoms with van der Waals surface area (Å²) in [6.07, 6.45) is 8.20. The first-order valence-electron chi connectivity index (χ1n) is 9.64. The third kappa shape index (κ3) is 5.74. The largest absolute Gasteiger partial charge is 0.493 e. The molecule has 0 atom stereocenters. The smallest absolute Gasteiger partial charge is 0.179 e. The molecule has 1 heterocycles. The SMILES string of the molecule is CCCCNc1ncncc1OCCCc1ccc(OC)c(OC)c1CC. The fourth-order valence-electron chi connectivity index (χ4n) is 3.04. The van der Waals surface area contributed by atoms with Crippen molar-refractivity contribution in [3.05, 3.63) is 35.8 Å². The summed E-state index contributed by atoms with van der Waals surface area (Å²) in [5.41, 5.74) is 2.46. The molecule has 27 heavy (non-hydrogen) atoms. The number of anilines is 1. The summed E-state index contributed by atoms with van der Waals surface area (Å²) in [7, 11) is 3.35. The Hall–Kier alpha value is -2.50. The molecule has 0 unspecified atom stereocenters. The zero-order valence-corrected chi connectivity index (χ0v) is 16.9. The van der Waals surface area contributed by atoms with Crippen LogP contribution in [0.2, 0.25) is 0 Å². The summed E-state index contributed by atoms with van der Waals surface area (Å²) in [4.78, 5) is 8.35. The van der Waals surface area contributed by atoms with Gasteiger partial charge in [0.05, 0.1) is 27.0 Å². The van der Waals surface area contributed by atoms with Crippen molar-refractivity contribution in [1.82, 2.24) is 9.97 Å². The van der Waals surface area contributed by atoms with Crippen LogP contribution in [0.1, 0.15) is 44.2 Å². The first-order valence-corrected chi connectivity index (χ1v) is 9.64. The molecule has 0 radical (unpaired) electrons. The van der Waals surface area contributed by atoms with Gasteiger partial charge in [-0.3, -0.25) is 0 Å². The number of hydrogen-bond acceptors (Lipinski definition) is 6. The van der Waals surface area contributed by atoms with E-state index in [4.69, 9.17) is 14.2 Å². The third-order valence-electron chi connectivity index (χ3n) is 4.45. The first kappa shape index (κ1) is 20.8. The highest BCUT2D eigenvalue weighted by atomic mass is 16.5. The van der Waals surface area contributed by atoms with E-state index in [9.17, 15) is 0 Å². The van der Waals surface area contributed by atoms with Gasteiger partial charge in [-0.2, -0.15) is 0 Å². The van der Waals surface area contributed by atoms with Crippen molar-refractivity contribution in [1.29, 1.82) is 0 Å². The van der Waals surface area contributed by atoms with Gasteiger partial charge in [0.25, 0.3) is 0 Å². The van der Waals surface area contributed by atoms with Gasteiger partial charge < -0.3 is 19.5 Å². The van der Waals surface area contributed by atoms with Crippen LogP contribution in [0, 0.1) is 0 Å². The second-order valence-electron chi connectivity index (χ2n) is 6.26. The van der Waals surface area contributed by atoms with Crippen molar-refractivity contribution in [3.63, 3.8) is 0 Å². The average Bonchev–Trinajstić information content (AvgIpc) is 2.71. The number of aryl methyl sites for hydroxylation is 1. The molecule has 0 aliphatic carbocycles. The lowest BCUT2D eigenvalue weighted by Crippen LogP contribution is -2.08. The van der Waals surface area contributed by atoms with E-state index in [-0.39, 0.29) is 0 Å². The van der Waals surface area contributed by atoms with Crippen molar-refractivity contribution in [2.45, 2.75) is 46.0 Å². The molecule has 0 aliphatic rings. The second kappa shape index (κ2) is 11.3. The van der Waals surface area contributed by atoms with E-state index in [1.807, 2.05) is 6.07 Å². The van der Waals surface area contributed by atoms with Crippen LogP contribution in [0.4, 0.5) is 5.82 Å². The maximum atomic E-state index is 5.92. The van der Waals surface area contributed by atoms with E-state index in [2.05, 4.69) is 35.2 Å². The number of benzene rings is 1. The molecule has 1 aromatic heterocycles. The number of hydrogen-bond donors (Lipinski definition) is 1. The lowest BCUT2D eigenvalue weighted by Gasteiger charge is -2.16. The molecular formula is C21H31N3O3. The van der Waals surface area contributed by atoms with E-state index in [1.165, 1.54) is 17.5 Å². The number of nitrogens with one attached hydrogen (secondary N) is 1. The molecule has 1 aromatic carbocycles. The van der Waals surface area contributed by atoms with Gasteiger partial charge in [0.2, 0.25) is 0 Å². The third-order valence-corrected chi connectivity index (χ3v) is 4.45. The Morgan fingerprint density at radius 3 is 2.59 bits per heavy atom. The number of nitrogens with zero attached hydrogens (tertiary/aromatic N) is 2. The van der Waals surface area contributed by atoms with Crippen molar-refractivity contribution in [3.8, 4) is 17.2 Å². The van der Waals surface area contributed by atoms with Crippen LogP contribution in [0.25, 0.3) is 0 Å². The lowest BCUT2D eigenvalue weighted by molar-refractivity contribution is 0.309. The second-order valence-corrected chi connectivity index (χ2v) is 6.26. The van der Waals surface area contributed by atoms with Crippen LogP contribution in [0.5, 0.6) is 17.2 Å². The summed E-state index contributed by atoms with van der Waals surface area (Å²) in [5, 5.41) is 3.31. The zero-order chi connectivity index (χ0) is 19.5. The van der Waals surface area contributed by atoms with Crippen LogP contribution >= 0.6 is 0 Å². The molecule has 6 nitrogen and oxygen atoms in total. The molecule has 1 N–H and O–H groups in total. The number of methoxy groups -OCH3 is 2. The minimum atomic E-state index is 0.604. The Morgan fingerprint density at radius 2 is 1.89 bits per heavy atom. The van der Waals surface area contributed by atoms with E-state index in [0.717, 1.165) is 56.0 Å². The summed E-state index contributed by atoms with van der Waals surface area (Å²) in [6, 6.07) is 4.08. The van der Waals surface area contributed by atoms with Crippen LogP contribution < -0.4 is 19.5 Å². The van der Waals surface area contributed by atoms with Crippen molar-refractivity contribution in [2.24, 2.45) is 0 Å². The fourth-order valence-corrected chi connectivity index (χ4v) is 3.04. The van der Waals surface area contributed by atoms with E-state index >= 15 is 0 Å². The van der Waals surface area contributed by atoms with E-state index in [1.54, 1.807) is 20.4 Å². The number of ether oxygens (including phenoxy) is 3. The molecule has 0 saturated carbocycles. The van der Waals surface area contributed by atoms with Crippen molar-refractivity contribution in [2.75, 3.05) is 32.7 Å². The van der Waals surface area contributed by atoms with Gasteiger partial charge in [0, 0.05) is 12.1 Å². The monoisotopic (exact) mass is 373 g/mol. The molecule has 0 amide bonds. The molecule has 148 valence electrons. The Kier molecular flexibility index (Phi) is 8.68. The van der Waals surface area contributed by atoms with Gasteiger partial charge in [0.15, 0.2) is 23.1 Å². The Bertz CT molecular complexity index is 707. The highest BCUT2D eigenvalue weighted by Crippen LogP contribution is 2.34. The highest BCUT2D eigenvalue weighted by molar-refractivity contribution is 5.51. The minimum absolute atomic E-state index is 0.604. The minimum Gasteiger partial charge on any atom is -0.493 e. The van der Waals surface area contributed by atoms with Gasteiger partial charge in [-0.1, -0.05) is 26.3 Å². The Balaban J connectivity index is 1.94. The summed E-state index contributed by atoms with van der Waals surface area (Å²) in [6.45, 7) is 5.79. The Morgan fingerprint density at radius 1 is 1.04 bits per heavy atom. The molecule has 2 aromatic rings. The number of aromatic nitrogens is 2. The maximum Gasteiger partial charge on any atom is 0.179 e. The Labute approximate surface area is 162 Å². The van der Waals surface area contributed by atoms with E-state index < -0.39 is 0 Å². The standard InChI is InChI=1S/C21H31N3O3/c1-5-7-12-23-21-19(14-22-15-24-21)27-13-8-9-16-10-11-18(25-3)20(26-4)17(16)6-2/h10-11,14-15H,5-9,12-13H2,1-4H3,(H,22,23,24). The van der Waals surface area contributed by atoms with Gasteiger partial charge in [-0.05, 0) is 37.3 Å². The maximum absolute atomic E-state index is 5.92. The normalized spacial score (nSPS) is 10.5. The molecular weight excluding hydrogens is 342 g/mol.